The fraction of sp³-hybridized carbons (Fsp3) is 0.294. The van der Waals surface area contributed by atoms with Gasteiger partial charge in [0.1, 0.15) is 11.9 Å². The lowest BCUT2D eigenvalue weighted by Crippen LogP contribution is -2.18. The minimum Gasteiger partial charge on any atom is -0.490 e. The molecule has 20 heavy (non-hydrogen) atoms. The molecule has 0 spiro atoms. The smallest absolute Gasteiger partial charge is 0.123 e. The largest absolute Gasteiger partial charge is 0.490 e. The predicted molar refractivity (Wildman–Crippen MR) is 87.2 cm³/mol. The quantitative estimate of drug-likeness (QED) is 0.687. The lowest BCUT2D eigenvalue weighted by atomic mass is 9.93. The highest BCUT2D eigenvalue weighted by atomic mass is 79.9. The SMILES string of the molecule is Clc1ccccc1C(CBr)CC1Cc2ccccc2O1. The maximum Gasteiger partial charge on any atom is 0.123 e. The topological polar surface area (TPSA) is 9.23 Å². The van der Waals surface area contributed by atoms with Crippen LogP contribution in [0, 0.1) is 0 Å². The molecule has 0 radical (unpaired) electrons. The molecule has 2 atom stereocenters. The van der Waals surface area contributed by atoms with Crippen molar-refractivity contribution < 1.29 is 4.74 Å². The van der Waals surface area contributed by atoms with E-state index in [1.54, 1.807) is 0 Å². The van der Waals surface area contributed by atoms with Gasteiger partial charge in [0.05, 0.1) is 0 Å². The number of alkyl halides is 1. The number of hydrogen-bond donors (Lipinski definition) is 0. The molecule has 0 fully saturated rings. The first-order chi connectivity index (χ1) is 9.78. The highest BCUT2D eigenvalue weighted by Gasteiger charge is 2.26. The Morgan fingerprint density at radius 2 is 1.90 bits per heavy atom. The van der Waals surface area contributed by atoms with Gasteiger partial charge in [-0.05, 0) is 35.6 Å². The van der Waals surface area contributed by atoms with Crippen molar-refractivity contribution in [1.29, 1.82) is 0 Å². The Balaban J connectivity index is 1.73. The van der Waals surface area contributed by atoms with Gasteiger partial charge in [-0.15, -0.1) is 0 Å². The minimum atomic E-state index is 0.242. The van der Waals surface area contributed by atoms with Gasteiger partial charge in [0, 0.05) is 16.8 Å². The van der Waals surface area contributed by atoms with E-state index < -0.39 is 0 Å². The van der Waals surface area contributed by atoms with Gasteiger partial charge < -0.3 is 4.74 Å². The molecule has 2 unspecified atom stereocenters. The number of fused-ring (bicyclic) bond motifs is 1. The summed E-state index contributed by atoms with van der Waals surface area (Å²) in [7, 11) is 0. The zero-order chi connectivity index (χ0) is 13.9. The second kappa shape index (κ2) is 6.19. The molecule has 104 valence electrons. The van der Waals surface area contributed by atoms with Crippen LogP contribution in [0.25, 0.3) is 0 Å². The standard InChI is InChI=1S/C17H16BrClO/c18-11-13(15-6-2-3-7-16(15)19)10-14-9-12-5-1-4-8-17(12)20-14/h1-8,13-14H,9-11H2. The van der Waals surface area contributed by atoms with Gasteiger partial charge in [-0.2, -0.15) is 0 Å². The summed E-state index contributed by atoms with van der Waals surface area (Å²) in [5.41, 5.74) is 2.51. The number of benzene rings is 2. The van der Waals surface area contributed by atoms with Gasteiger partial charge in [-0.25, -0.2) is 0 Å². The van der Waals surface area contributed by atoms with Crippen molar-refractivity contribution in [2.45, 2.75) is 24.9 Å². The lowest BCUT2D eigenvalue weighted by molar-refractivity contribution is 0.213. The first-order valence-electron chi connectivity index (χ1n) is 6.83. The lowest BCUT2D eigenvalue weighted by Gasteiger charge is -2.20. The van der Waals surface area contributed by atoms with Gasteiger partial charge in [0.25, 0.3) is 0 Å². The maximum atomic E-state index is 6.31. The second-order valence-corrected chi connectivity index (χ2v) is 6.21. The highest BCUT2D eigenvalue weighted by molar-refractivity contribution is 9.09. The van der Waals surface area contributed by atoms with Crippen LogP contribution in [0.15, 0.2) is 48.5 Å². The number of para-hydroxylation sites is 1. The second-order valence-electron chi connectivity index (χ2n) is 5.16. The molecule has 3 rings (SSSR count). The van der Waals surface area contributed by atoms with E-state index in [0.717, 1.165) is 28.9 Å². The first kappa shape index (κ1) is 14.0. The van der Waals surface area contributed by atoms with Crippen LogP contribution in [0.2, 0.25) is 5.02 Å². The Labute approximate surface area is 133 Å². The van der Waals surface area contributed by atoms with E-state index in [4.69, 9.17) is 16.3 Å². The van der Waals surface area contributed by atoms with E-state index in [9.17, 15) is 0 Å². The highest BCUT2D eigenvalue weighted by Crippen LogP contribution is 2.35. The summed E-state index contributed by atoms with van der Waals surface area (Å²) in [6, 6.07) is 16.4. The van der Waals surface area contributed by atoms with Gasteiger partial charge in [-0.1, -0.05) is 63.9 Å². The molecule has 1 aliphatic heterocycles. The molecular weight excluding hydrogens is 336 g/mol. The third-order valence-electron chi connectivity index (χ3n) is 3.79. The normalized spacial score (nSPS) is 18.4. The van der Waals surface area contributed by atoms with Crippen molar-refractivity contribution in [3.63, 3.8) is 0 Å². The maximum absolute atomic E-state index is 6.31. The summed E-state index contributed by atoms with van der Waals surface area (Å²) in [4.78, 5) is 0. The van der Waals surface area contributed by atoms with E-state index >= 15 is 0 Å². The average Bonchev–Trinajstić information content (AvgIpc) is 2.88. The monoisotopic (exact) mass is 350 g/mol. The Bertz CT molecular complexity index is 574. The molecule has 1 aliphatic rings. The van der Waals surface area contributed by atoms with Crippen molar-refractivity contribution in [1.82, 2.24) is 0 Å². The van der Waals surface area contributed by atoms with Crippen LogP contribution in [0.5, 0.6) is 5.75 Å². The van der Waals surface area contributed by atoms with E-state index in [0.29, 0.717) is 5.92 Å². The molecule has 1 nitrogen and oxygen atoms in total. The summed E-state index contributed by atoms with van der Waals surface area (Å²) < 4.78 is 6.04. The molecule has 0 aromatic heterocycles. The van der Waals surface area contributed by atoms with Crippen LogP contribution >= 0.6 is 27.5 Å². The third kappa shape index (κ3) is 2.87. The summed E-state index contributed by atoms with van der Waals surface area (Å²) >= 11 is 9.93. The number of halogens is 2. The Morgan fingerprint density at radius 3 is 2.65 bits per heavy atom. The van der Waals surface area contributed by atoms with Gasteiger partial charge in [-0.3, -0.25) is 0 Å². The number of hydrogen-bond acceptors (Lipinski definition) is 1. The van der Waals surface area contributed by atoms with Crippen LogP contribution in [0.3, 0.4) is 0 Å². The van der Waals surface area contributed by atoms with Gasteiger partial charge >= 0.3 is 0 Å². The van der Waals surface area contributed by atoms with Crippen LogP contribution < -0.4 is 4.74 Å². The molecule has 0 saturated carbocycles. The van der Waals surface area contributed by atoms with Crippen LogP contribution in [-0.2, 0) is 6.42 Å². The molecular formula is C17H16BrClO. The van der Waals surface area contributed by atoms with Gasteiger partial charge in [0.15, 0.2) is 0 Å². The van der Waals surface area contributed by atoms with Crippen molar-refractivity contribution in [3.8, 4) is 5.75 Å². The molecule has 0 amide bonds. The first-order valence-corrected chi connectivity index (χ1v) is 8.33. The summed E-state index contributed by atoms with van der Waals surface area (Å²) in [5, 5.41) is 1.74. The van der Waals surface area contributed by atoms with Crippen LogP contribution in [-0.4, -0.2) is 11.4 Å². The molecule has 2 aromatic rings. The van der Waals surface area contributed by atoms with Crippen LogP contribution in [0.1, 0.15) is 23.5 Å². The molecule has 0 bridgehead atoms. The average molecular weight is 352 g/mol. The summed E-state index contributed by atoms with van der Waals surface area (Å²) in [6.45, 7) is 0. The Hall–Kier alpha value is -0.990. The Morgan fingerprint density at radius 1 is 1.15 bits per heavy atom. The zero-order valence-electron chi connectivity index (χ0n) is 11.1. The predicted octanol–water partition coefficient (Wildman–Crippen LogP) is 5.21. The van der Waals surface area contributed by atoms with Crippen molar-refractivity contribution >= 4 is 27.5 Å². The Kier molecular flexibility index (Phi) is 4.32. The van der Waals surface area contributed by atoms with Crippen LogP contribution in [0.4, 0.5) is 0 Å². The molecule has 2 aromatic carbocycles. The number of rotatable bonds is 4. The van der Waals surface area contributed by atoms with Crippen molar-refractivity contribution in [2.24, 2.45) is 0 Å². The van der Waals surface area contributed by atoms with Gasteiger partial charge in [0.2, 0.25) is 0 Å². The molecule has 1 heterocycles. The van der Waals surface area contributed by atoms with Crippen molar-refractivity contribution in [2.75, 3.05) is 5.33 Å². The number of ether oxygens (including phenoxy) is 1. The van der Waals surface area contributed by atoms with E-state index in [2.05, 4.69) is 34.1 Å². The van der Waals surface area contributed by atoms with E-state index in [1.165, 1.54) is 11.1 Å². The third-order valence-corrected chi connectivity index (χ3v) is 4.92. The zero-order valence-corrected chi connectivity index (χ0v) is 13.4. The summed E-state index contributed by atoms with van der Waals surface area (Å²) in [6.07, 6.45) is 2.21. The fourth-order valence-electron chi connectivity index (χ4n) is 2.78. The molecule has 0 aliphatic carbocycles. The van der Waals surface area contributed by atoms with E-state index in [1.807, 2.05) is 30.3 Å². The van der Waals surface area contributed by atoms with Crippen molar-refractivity contribution in [3.05, 3.63) is 64.7 Å². The summed E-state index contributed by atoms with van der Waals surface area (Å²) in [5.74, 6) is 1.41. The fourth-order valence-corrected chi connectivity index (χ4v) is 3.69. The van der Waals surface area contributed by atoms with E-state index in [-0.39, 0.29) is 6.10 Å². The molecule has 3 heteroatoms. The molecule has 0 N–H and O–H groups in total. The minimum absolute atomic E-state index is 0.242. The molecule has 0 saturated heterocycles.